The van der Waals surface area contributed by atoms with Crippen molar-refractivity contribution in [3.05, 3.63) is 48.2 Å². The lowest BCUT2D eigenvalue weighted by Gasteiger charge is -2.01. The lowest BCUT2D eigenvalue weighted by molar-refractivity contribution is 0.513. The molecule has 0 aliphatic rings. The van der Waals surface area contributed by atoms with Crippen molar-refractivity contribution in [3.8, 4) is 11.1 Å². The van der Waals surface area contributed by atoms with Crippen LogP contribution in [0.15, 0.2) is 41.0 Å². The van der Waals surface area contributed by atoms with E-state index in [4.69, 9.17) is 10.2 Å². The van der Waals surface area contributed by atoms with Crippen LogP contribution in [-0.2, 0) is 6.54 Å². The van der Waals surface area contributed by atoms with Crippen molar-refractivity contribution in [2.75, 3.05) is 0 Å². The molecule has 0 aliphatic carbocycles. The van der Waals surface area contributed by atoms with Gasteiger partial charge in [-0.25, -0.2) is 4.39 Å². The second-order valence-electron chi connectivity index (χ2n) is 2.94. The van der Waals surface area contributed by atoms with Crippen LogP contribution >= 0.6 is 0 Å². The van der Waals surface area contributed by atoms with Crippen LogP contribution in [0.2, 0.25) is 0 Å². The van der Waals surface area contributed by atoms with Gasteiger partial charge in [-0.3, -0.25) is 0 Å². The molecule has 0 spiro atoms. The first-order chi connectivity index (χ1) is 6.83. The second-order valence-corrected chi connectivity index (χ2v) is 2.94. The second kappa shape index (κ2) is 3.64. The normalized spacial score (nSPS) is 10.4. The number of benzene rings is 1. The van der Waals surface area contributed by atoms with Crippen LogP contribution in [0, 0.1) is 5.82 Å². The van der Waals surface area contributed by atoms with Gasteiger partial charge in [-0.2, -0.15) is 0 Å². The van der Waals surface area contributed by atoms with E-state index in [1.807, 2.05) is 0 Å². The summed E-state index contributed by atoms with van der Waals surface area (Å²) in [6, 6.07) is 8.29. The topological polar surface area (TPSA) is 39.2 Å². The zero-order valence-corrected chi connectivity index (χ0v) is 7.53. The highest BCUT2D eigenvalue weighted by molar-refractivity contribution is 5.65. The zero-order chi connectivity index (χ0) is 9.97. The van der Waals surface area contributed by atoms with E-state index < -0.39 is 0 Å². The van der Waals surface area contributed by atoms with Gasteiger partial charge in [0, 0.05) is 11.1 Å². The summed E-state index contributed by atoms with van der Waals surface area (Å²) in [4.78, 5) is 0. The fourth-order valence-corrected chi connectivity index (χ4v) is 1.42. The molecule has 2 aromatic rings. The highest BCUT2D eigenvalue weighted by Gasteiger charge is 2.10. The Labute approximate surface area is 81.2 Å². The van der Waals surface area contributed by atoms with Crippen molar-refractivity contribution in [3.63, 3.8) is 0 Å². The summed E-state index contributed by atoms with van der Waals surface area (Å²) in [5.74, 6) is 0.346. The number of furan rings is 1. The minimum Gasteiger partial charge on any atom is -0.467 e. The predicted molar refractivity (Wildman–Crippen MR) is 52.0 cm³/mol. The number of hydrogen-bond acceptors (Lipinski definition) is 2. The molecule has 14 heavy (non-hydrogen) atoms. The molecule has 0 bridgehead atoms. The van der Waals surface area contributed by atoms with Crippen molar-refractivity contribution < 1.29 is 8.81 Å². The Morgan fingerprint density at radius 3 is 2.64 bits per heavy atom. The molecule has 0 aliphatic heterocycles. The van der Waals surface area contributed by atoms with E-state index in [9.17, 15) is 4.39 Å². The molecule has 0 saturated heterocycles. The Bertz CT molecular complexity index is 436. The van der Waals surface area contributed by atoms with Crippen molar-refractivity contribution >= 4 is 0 Å². The lowest BCUT2D eigenvalue weighted by Crippen LogP contribution is -1.96. The van der Waals surface area contributed by atoms with Gasteiger partial charge < -0.3 is 10.2 Å². The van der Waals surface area contributed by atoms with Crippen LogP contribution in [0.25, 0.3) is 11.1 Å². The van der Waals surface area contributed by atoms with Crippen molar-refractivity contribution in [2.45, 2.75) is 6.54 Å². The maximum atomic E-state index is 13.4. The Kier molecular flexibility index (Phi) is 2.33. The van der Waals surface area contributed by atoms with Gasteiger partial charge in [0.15, 0.2) is 0 Å². The monoisotopic (exact) mass is 191 g/mol. The molecule has 0 unspecified atom stereocenters. The molecule has 2 nitrogen and oxygen atoms in total. The van der Waals surface area contributed by atoms with E-state index in [2.05, 4.69) is 0 Å². The van der Waals surface area contributed by atoms with E-state index in [0.29, 0.717) is 11.3 Å². The van der Waals surface area contributed by atoms with Gasteiger partial charge in [0.2, 0.25) is 0 Å². The third kappa shape index (κ3) is 1.42. The minimum atomic E-state index is -0.261. The Morgan fingerprint density at radius 2 is 1.93 bits per heavy atom. The summed E-state index contributed by atoms with van der Waals surface area (Å²) in [5.41, 5.74) is 6.72. The molecular formula is C11H10FNO. The van der Waals surface area contributed by atoms with Crippen LogP contribution in [0.5, 0.6) is 0 Å². The molecule has 0 saturated carbocycles. The molecule has 0 amide bonds. The van der Waals surface area contributed by atoms with Crippen LogP contribution < -0.4 is 5.73 Å². The molecule has 1 aromatic carbocycles. The largest absolute Gasteiger partial charge is 0.467 e. The van der Waals surface area contributed by atoms with Gasteiger partial charge in [0.05, 0.1) is 12.8 Å². The number of halogens is 1. The first kappa shape index (κ1) is 8.97. The molecule has 3 heteroatoms. The Morgan fingerprint density at radius 1 is 1.14 bits per heavy atom. The summed E-state index contributed by atoms with van der Waals surface area (Å²) in [7, 11) is 0. The number of rotatable bonds is 2. The lowest BCUT2D eigenvalue weighted by atomic mass is 10.1. The Balaban J connectivity index is 2.54. The van der Waals surface area contributed by atoms with Gasteiger partial charge in [-0.1, -0.05) is 18.2 Å². The average Bonchev–Trinajstić information content (AvgIpc) is 2.66. The molecule has 0 atom stereocenters. The predicted octanol–water partition coefficient (Wildman–Crippen LogP) is 2.54. The first-order valence-electron chi connectivity index (χ1n) is 4.34. The highest BCUT2D eigenvalue weighted by atomic mass is 19.1. The standard InChI is InChI=1S/C11H10FNO/c12-10-4-2-1-3-8(10)9-5-6-14-11(9)7-13/h1-6H,7,13H2. The van der Waals surface area contributed by atoms with Gasteiger partial charge in [0.25, 0.3) is 0 Å². The van der Waals surface area contributed by atoms with Gasteiger partial charge in [-0.05, 0) is 12.1 Å². The minimum absolute atomic E-state index is 0.261. The van der Waals surface area contributed by atoms with E-state index in [0.717, 1.165) is 5.56 Å². The fraction of sp³-hybridized carbons (Fsp3) is 0.0909. The maximum absolute atomic E-state index is 13.4. The van der Waals surface area contributed by atoms with Crippen molar-refractivity contribution in [1.82, 2.24) is 0 Å². The summed E-state index contributed by atoms with van der Waals surface area (Å²) in [5, 5.41) is 0. The van der Waals surface area contributed by atoms with E-state index in [-0.39, 0.29) is 12.4 Å². The van der Waals surface area contributed by atoms with Gasteiger partial charge in [0.1, 0.15) is 11.6 Å². The Hall–Kier alpha value is -1.61. The molecule has 0 fully saturated rings. The molecule has 1 heterocycles. The van der Waals surface area contributed by atoms with Gasteiger partial charge in [-0.15, -0.1) is 0 Å². The molecular weight excluding hydrogens is 181 g/mol. The van der Waals surface area contributed by atoms with Crippen molar-refractivity contribution in [2.24, 2.45) is 5.73 Å². The van der Waals surface area contributed by atoms with Gasteiger partial charge >= 0.3 is 0 Å². The maximum Gasteiger partial charge on any atom is 0.131 e. The SMILES string of the molecule is NCc1occc1-c1ccccc1F. The van der Waals surface area contributed by atoms with Crippen molar-refractivity contribution in [1.29, 1.82) is 0 Å². The van der Waals surface area contributed by atoms with E-state index >= 15 is 0 Å². The summed E-state index contributed by atoms with van der Waals surface area (Å²) < 4.78 is 18.5. The van der Waals surface area contributed by atoms with E-state index in [1.54, 1.807) is 24.3 Å². The smallest absolute Gasteiger partial charge is 0.131 e. The fourth-order valence-electron chi connectivity index (χ4n) is 1.42. The van der Waals surface area contributed by atoms with E-state index in [1.165, 1.54) is 12.3 Å². The molecule has 1 aromatic heterocycles. The van der Waals surface area contributed by atoms with Crippen LogP contribution in [0.3, 0.4) is 0 Å². The first-order valence-corrected chi connectivity index (χ1v) is 4.34. The summed E-state index contributed by atoms with van der Waals surface area (Å²) >= 11 is 0. The zero-order valence-electron chi connectivity index (χ0n) is 7.53. The molecule has 0 radical (unpaired) electrons. The summed E-state index contributed by atoms with van der Waals surface area (Å²) in [6.07, 6.45) is 1.52. The molecule has 2 rings (SSSR count). The number of nitrogens with two attached hydrogens (primary N) is 1. The number of hydrogen-bond donors (Lipinski definition) is 1. The quantitative estimate of drug-likeness (QED) is 0.792. The van der Waals surface area contributed by atoms with Crippen LogP contribution in [0.1, 0.15) is 5.76 Å². The van der Waals surface area contributed by atoms with Crippen LogP contribution in [-0.4, -0.2) is 0 Å². The molecule has 2 N–H and O–H groups in total. The highest BCUT2D eigenvalue weighted by Crippen LogP contribution is 2.26. The summed E-state index contributed by atoms with van der Waals surface area (Å²) in [6.45, 7) is 0.274. The van der Waals surface area contributed by atoms with Crippen LogP contribution in [0.4, 0.5) is 4.39 Å². The third-order valence-corrected chi connectivity index (χ3v) is 2.09. The molecule has 72 valence electrons. The third-order valence-electron chi connectivity index (χ3n) is 2.09. The average molecular weight is 191 g/mol.